The molecule has 1 aliphatic carbocycles. The third kappa shape index (κ3) is 5.32. The van der Waals surface area contributed by atoms with Crippen molar-refractivity contribution < 1.29 is 29.0 Å². The van der Waals surface area contributed by atoms with Crippen molar-refractivity contribution in [3.05, 3.63) is 59.7 Å². The molecule has 1 aliphatic heterocycles. The molecule has 2 aromatic rings. The highest BCUT2D eigenvalue weighted by Crippen LogP contribution is 2.44. The van der Waals surface area contributed by atoms with Crippen molar-refractivity contribution in [2.24, 2.45) is 11.8 Å². The molecule has 1 unspecified atom stereocenters. The number of hydrogen-bond donors (Lipinski definition) is 2. The van der Waals surface area contributed by atoms with Gasteiger partial charge in [-0.15, -0.1) is 0 Å². The number of hydrogen-bond acceptors (Lipinski definition) is 5. The molecule has 35 heavy (non-hydrogen) atoms. The van der Waals surface area contributed by atoms with Crippen molar-refractivity contribution in [2.45, 2.75) is 32.3 Å². The van der Waals surface area contributed by atoms with E-state index in [1.54, 1.807) is 6.92 Å². The first kappa shape index (κ1) is 24.7. The number of alkyl carbamates (subject to hydrolysis) is 1. The van der Waals surface area contributed by atoms with Gasteiger partial charge in [0.25, 0.3) is 5.91 Å². The molecule has 0 bridgehead atoms. The average Bonchev–Trinajstić information content (AvgIpc) is 3.46. The summed E-state index contributed by atoms with van der Waals surface area (Å²) in [4.78, 5) is 38.2. The van der Waals surface area contributed by atoms with Crippen LogP contribution in [-0.4, -0.2) is 66.9 Å². The van der Waals surface area contributed by atoms with Crippen LogP contribution in [0.1, 0.15) is 37.3 Å². The molecule has 2 aromatic carbocycles. The van der Waals surface area contributed by atoms with Gasteiger partial charge in [-0.3, -0.25) is 9.59 Å². The number of aliphatic carboxylic acids is 1. The molecule has 0 radical (unpaired) electrons. The van der Waals surface area contributed by atoms with Gasteiger partial charge >= 0.3 is 12.1 Å². The van der Waals surface area contributed by atoms with Gasteiger partial charge in [0.1, 0.15) is 12.7 Å². The van der Waals surface area contributed by atoms with Gasteiger partial charge in [0, 0.05) is 38.1 Å². The molecular weight excluding hydrogens is 448 g/mol. The van der Waals surface area contributed by atoms with Crippen LogP contribution in [0.4, 0.5) is 4.79 Å². The molecule has 186 valence electrons. The average molecular weight is 481 g/mol. The first-order valence-corrected chi connectivity index (χ1v) is 12.1. The standard InChI is InChI=1S/C27H32N2O6/c1-3-29(15-17(2)26(31)32)25(30)24-18(12-13-34-24)14-28-27(33)35-16-23-21-10-6-4-8-19(21)20-9-5-7-11-22(20)23/h4-11,17-18,23-24H,3,12-16H2,1-2H3,(H,28,33)(H,31,32)/t17?,18-,24-/m1/s1. The van der Waals surface area contributed by atoms with Gasteiger partial charge in [-0.25, -0.2) is 4.79 Å². The van der Waals surface area contributed by atoms with Crippen LogP contribution >= 0.6 is 0 Å². The number of ether oxygens (including phenoxy) is 2. The first-order valence-electron chi connectivity index (χ1n) is 12.1. The molecule has 0 aromatic heterocycles. The number of carboxylic acids is 1. The summed E-state index contributed by atoms with van der Waals surface area (Å²) in [6.07, 6.45) is -0.604. The second-order valence-electron chi connectivity index (χ2n) is 9.16. The number of carbonyl (C=O) groups is 3. The molecule has 2 aliphatic rings. The van der Waals surface area contributed by atoms with E-state index < -0.39 is 24.1 Å². The molecule has 0 saturated carbocycles. The second kappa shape index (κ2) is 10.9. The Balaban J connectivity index is 1.32. The number of amides is 2. The van der Waals surface area contributed by atoms with Crippen molar-refractivity contribution in [1.29, 1.82) is 0 Å². The van der Waals surface area contributed by atoms with Crippen LogP contribution in [0.3, 0.4) is 0 Å². The number of likely N-dealkylation sites (N-methyl/N-ethyl adjacent to an activating group) is 1. The van der Waals surface area contributed by atoms with Crippen molar-refractivity contribution in [3.63, 3.8) is 0 Å². The number of rotatable bonds is 9. The quantitative estimate of drug-likeness (QED) is 0.569. The highest BCUT2D eigenvalue weighted by molar-refractivity contribution is 5.82. The lowest BCUT2D eigenvalue weighted by Crippen LogP contribution is -2.46. The minimum absolute atomic E-state index is 0.0216. The van der Waals surface area contributed by atoms with E-state index >= 15 is 0 Å². The van der Waals surface area contributed by atoms with Gasteiger partial charge < -0.3 is 24.8 Å². The van der Waals surface area contributed by atoms with E-state index in [1.165, 1.54) is 16.0 Å². The fourth-order valence-corrected chi connectivity index (χ4v) is 4.94. The molecular formula is C27H32N2O6. The van der Waals surface area contributed by atoms with E-state index in [1.807, 2.05) is 31.2 Å². The lowest BCUT2D eigenvalue weighted by Gasteiger charge is -2.28. The molecule has 8 heteroatoms. The van der Waals surface area contributed by atoms with Gasteiger partial charge in [0.15, 0.2) is 0 Å². The number of carboxylic acid groups (broad SMARTS) is 1. The minimum atomic E-state index is -0.947. The third-order valence-electron chi connectivity index (χ3n) is 6.92. The summed E-state index contributed by atoms with van der Waals surface area (Å²) in [5.74, 6) is -2.07. The van der Waals surface area contributed by atoms with E-state index in [0.29, 0.717) is 19.6 Å². The van der Waals surface area contributed by atoms with Crippen LogP contribution in [-0.2, 0) is 19.1 Å². The topological polar surface area (TPSA) is 105 Å². The Morgan fingerprint density at radius 3 is 2.34 bits per heavy atom. The predicted molar refractivity (Wildman–Crippen MR) is 130 cm³/mol. The lowest BCUT2D eigenvalue weighted by atomic mass is 9.98. The zero-order valence-electron chi connectivity index (χ0n) is 20.1. The number of nitrogens with one attached hydrogen (secondary N) is 1. The first-order chi connectivity index (χ1) is 16.9. The molecule has 3 atom stereocenters. The van der Waals surface area contributed by atoms with Crippen LogP contribution in [0.5, 0.6) is 0 Å². The highest BCUT2D eigenvalue weighted by Gasteiger charge is 2.37. The van der Waals surface area contributed by atoms with Crippen molar-refractivity contribution in [1.82, 2.24) is 10.2 Å². The normalized spacial score (nSPS) is 19.5. The van der Waals surface area contributed by atoms with E-state index in [4.69, 9.17) is 9.47 Å². The Bertz CT molecular complexity index is 1040. The number of fused-ring (bicyclic) bond motifs is 3. The Kier molecular flexibility index (Phi) is 7.70. The smallest absolute Gasteiger partial charge is 0.407 e. The molecule has 1 fully saturated rings. The van der Waals surface area contributed by atoms with Gasteiger partial charge in [0.05, 0.1) is 5.92 Å². The van der Waals surface area contributed by atoms with Crippen LogP contribution in [0.25, 0.3) is 11.1 Å². The summed E-state index contributed by atoms with van der Waals surface area (Å²) in [6.45, 7) is 4.79. The maximum atomic E-state index is 13.0. The van der Waals surface area contributed by atoms with Crippen LogP contribution in [0.15, 0.2) is 48.5 Å². The molecule has 8 nitrogen and oxygen atoms in total. The van der Waals surface area contributed by atoms with Gasteiger partial charge in [-0.05, 0) is 35.6 Å². The molecule has 1 heterocycles. The Morgan fingerprint density at radius 1 is 1.11 bits per heavy atom. The lowest BCUT2D eigenvalue weighted by molar-refractivity contribution is -0.146. The van der Waals surface area contributed by atoms with Crippen LogP contribution < -0.4 is 5.32 Å². The Hall–Kier alpha value is -3.39. The summed E-state index contributed by atoms with van der Waals surface area (Å²) in [6, 6.07) is 16.3. The van der Waals surface area contributed by atoms with E-state index in [9.17, 15) is 19.5 Å². The van der Waals surface area contributed by atoms with Crippen LogP contribution in [0.2, 0.25) is 0 Å². The zero-order valence-corrected chi connectivity index (χ0v) is 20.1. The molecule has 1 saturated heterocycles. The summed E-state index contributed by atoms with van der Waals surface area (Å²) < 4.78 is 11.3. The highest BCUT2D eigenvalue weighted by atomic mass is 16.5. The fraction of sp³-hybridized carbons (Fsp3) is 0.444. The summed E-state index contributed by atoms with van der Waals surface area (Å²) in [5, 5.41) is 12.0. The third-order valence-corrected chi connectivity index (χ3v) is 6.92. The summed E-state index contributed by atoms with van der Waals surface area (Å²) in [5.41, 5.74) is 4.62. The Morgan fingerprint density at radius 2 is 1.74 bits per heavy atom. The van der Waals surface area contributed by atoms with Crippen molar-refractivity contribution in [2.75, 3.05) is 32.8 Å². The zero-order chi connectivity index (χ0) is 24.9. The fourth-order valence-electron chi connectivity index (χ4n) is 4.94. The van der Waals surface area contributed by atoms with E-state index in [-0.39, 0.29) is 37.4 Å². The van der Waals surface area contributed by atoms with Crippen LogP contribution in [0, 0.1) is 11.8 Å². The van der Waals surface area contributed by atoms with Crippen molar-refractivity contribution >= 4 is 18.0 Å². The number of benzene rings is 2. The van der Waals surface area contributed by atoms with E-state index in [2.05, 4.69) is 29.6 Å². The summed E-state index contributed by atoms with van der Waals surface area (Å²) in [7, 11) is 0. The maximum absolute atomic E-state index is 13.0. The predicted octanol–water partition coefficient (Wildman–Crippen LogP) is 3.50. The second-order valence-corrected chi connectivity index (χ2v) is 9.16. The largest absolute Gasteiger partial charge is 0.481 e. The molecule has 0 spiro atoms. The van der Waals surface area contributed by atoms with Crippen molar-refractivity contribution in [3.8, 4) is 11.1 Å². The minimum Gasteiger partial charge on any atom is -0.481 e. The SMILES string of the molecule is CCN(CC(C)C(=O)O)C(=O)[C@@H]1OCC[C@@H]1CNC(=O)OCC1c2ccccc2-c2ccccc21. The maximum Gasteiger partial charge on any atom is 0.407 e. The molecule has 2 N–H and O–H groups in total. The van der Waals surface area contributed by atoms with E-state index in [0.717, 1.165) is 11.1 Å². The number of carbonyl (C=O) groups excluding carboxylic acids is 2. The monoisotopic (exact) mass is 480 g/mol. The molecule has 2 amide bonds. The summed E-state index contributed by atoms with van der Waals surface area (Å²) >= 11 is 0. The van der Waals surface area contributed by atoms with Gasteiger partial charge in [-0.2, -0.15) is 0 Å². The number of nitrogens with zero attached hydrogens (tertiary/aromatic N) is 1. The van der Waals surface area contributed by atoms with Gasteiger partial charge in [0.2, 0.25) is 0 Å². The molecule has 4 rings (SSSR count). The Labute approximate surface area is 205 Å². The van der Waals surface area contributed by atoms with Gasteiger partial charge in [-0.1, -0.05) is 55.5 Å².